The Morgan fingerprint density at radius 1 is 1.38 bits per heavy atom. The smallest absolute Gasteiger partial charge is 0.454 e. The fourth-order valence-electron chi connectivity index (χ4n) is 0.370. The Hall–Kier alpha value is -1.53. The van der Waals surface area contributed by atoms with Crippen LogP contribution in [0.5, 0.6) is 0 Å². The zero-order chi connectivity index (χ0) is 10.6. The molecular weight excluding hydrogens is 193 g/mol. The van der Waals surface area contributed by atoms with Gasteiger partial charge >= 0.3 is 12.1 Å². The van der Waals surface area contributed by atoms with Crippen LogP contribution in [0.1, 0.15) is 0 Å². The van der Waals surface area contributed by atoms with E-state index in [4.69, 9.17) is 5.11 Å². The molecule has 0 unspecified atom stereocenters. The van der Waals surface area contributed by atoms with E-state index in [-0.39, 0.29) is 6.08 Å². The van der Waals surface area contributed by atoms with Crippen molar-refractivity contribution in [1.29, 1.82) is 0 Å². The maximum Gasteiger partial charge on any atom is 0.454 e. The van der Waals surface area contributed by atoms with E-state index in [1.807, 2.05) is 0 Å². The van der Waals surface area contributed by atoms with Crippen LogP contribution in [0.4, 0.5) is 13.2 Å². The molecule has 4 nitrogen and oxygen atoms in total. The average Bonchev–Trinajstić information content (AvgIpc) is 2.01. The van der Waals surface area contributed by atoms with Crippen molar-refractivity contribution in [1.82, 2.24) is 0 Å². The van der Waals surface area contributed by atoms with Gasteiger partial charge in [-0.3, -0.25) is 4.79 Å². The van der Waals surface area contributed by atoms with Crippen LogP contribution in [0.3, 0.4) is 0 Å². The molecule has 0 amide bonds. The molecule has 7 heteroatoms. The third-order valence-electron chi connectivity index (χ3n) is 0.942. The number of aliphatic hydroxyl groups is 1. The summed E-state index contributed by atoms with van der Waals surface area (Å²) in [5.41, 5.74) is 0. The number of rotatable bonds is 2. The molecular formula is C6H5F3O4. The van der Waals surface area contributed by atoms with Crippen molar-refractivity contribution >= 4 is 11.8 Å². The summed E-state index contributed by atoms with van der Waals surface area (Å²) in [6, 6.07) is 0. The summed E-state index contributed by atoms with van der Waals surface area (Å²) in [5.74, 6) is -5.11. The summed E-state index contributed by atoms with van der Waals surface area (Å²) in [4.78, 5) is 20.4. The first kappa shape index (κ1) is 11.5. The molecule has 0 radical (unpaired) electrons. The second kappa shape index (κ2) is 3.92. The minimum absolute atomic E-state index is 0.244. The molecule has 0 spiro atoms. The summed E-state index contributed by atoms with van der Waals surface area (Å²) < 4.78 is 38.4. The van der Waals surface area contributed by atoms with Gasteiger partial charge in [0.2, 0.25) is 5.76 Å². The van der Waals surface area contributed by atoms with Crippen molar-refractivity contribution in [2.24, 2.45) is 0 Å². The largest absolute Gasteiger partial charge is 0.502 e. The molecule has 0 atom stereocenters. The Balaban J connectivity index is 4.59. The van der Waals surface area contributed by atoms with E-state index in [0.717, 1.165) is 7.11 Å². The minimum Gasteiger partial charge on any atom is -0.502 e. The lowest BCUT2D eigenvalue weighted by Crippen LogP contribution is -2.21. The van der Waals surface area contributed by atoms with Crippen molar-refractivity contribution in [2.45, 2.75) is 6.18 Å². The van der Waals surface area contributed by atoms with Crippen LogP contribution in [0.15, 0.2) is 11.8 Å². The first-order chi connectivity index (χ1) is 5.79. The summed E-state index contributed by atoms with van der Waals surface area (Å²) >= 11 is 0. The summed E-state index contributed by atoms with van der Waals surface area (Å²) in [6.07, 6.45) is -5.35. The molecule has 0 aliphatic heterocycles. The second-order valence-corrected chi connectivity index (χ2v) is 1.88. The van der Waals surface area contributed by atoms with Crippen LogP contribution in [-0.4, -0.2) is 30.1 Å². The van der Waals surface area contributed by atoms with Gasteiger partial charge in [0.15, 0.2) is 0 Å². The number of ketones is 1. The minimum atomic E-state index is -5.11. The lowest BCUT2D eigenvalue weighted by atomic mass is 10.3. The maximum absolute atomic E-state index is 11.5. The molecule has 74 valence electrons. The van der Waals surface area contributed by atoms with Crippen molar-refractivity contribution in [3.63, 3.8) is 0 Å². The van der Waals surface area contributed by atoms with E-state index in [1.54, 1.807) is 0 Å². The van der Waals surface area contributed by atoms with E-state index < -0.39 is 23.7 Å². The number of alkyl halides is 3. The predicted molar refractivity (Wildman–Crippen MR) is 33.8 cm³/mol. The van der Waals surface area contributed by atoms with Gasteiger partial charge in [-0.25, -0.2) is 4.79 Å². The molecule has 0 aromatic heterocycles. The highest BCUT2D eigenvalue weighted by molar-refractivity contribution is 6.00. The number of methoxy groups -OCH3 is 1. The number of hydrogen-bond donors (Lipinski definition) is 1. The number of carbonyl (C=O) groups is 2. The molecule has 0 heterocycles. The maximum atomic E-state index is 11.5. The van der Waals surface area contributed by atoms with Gasteiger partial charge in [-0.05, 0) is 0 Å². The molecule has 13 heavy (non-hydrogen) atoms. The van der Waals surface area contributed by atoms with E-state index in [2.05, 4.69) is 4.74 Å². The Morgan fingerprint density at radius 3 is 2.15 bits per heavy atom. The molecule has 0 bridgehead atoms. The lowest BCUT2D eigenvalue weighted by Gasteiger charge is -2.00. The van der Waals surface area contributed by atoms with Crippen molar-refractivity contribution in [3.8, 4) is 0 Å². The zero-order valence-corrected chi connectivity index (χ0v) is 6.38. The fourth-order valence-corrected chi connectivity index (χ4v) is 0.370. The van der Waals surface area contributed by atoms with Crippen LogP contribution in [0, 0.1) is 0 Å². The highest BCUT2D eigenvalue weighted by atomic mass is 19.4. The highest BCUT2D eigenvalue weighted by Crippen LogP contribution is 2.17. The summed E-state index contributed by atoms with van der Waals surface area (Å²) in [6.45, 7) is 0. The molecule has 1 N–H and O–H groups in total. The number of allylic oxidation sites excluding steroid dienone is 1. The van der Waals surface area contributed by atoms with Gasteiger partial charge < -0.3 is 9.84 Å². The van der Waals surface area contributed by atoms with E-state index in [9.17, 15) is 22.8 Å². The number of carbonyl (C=O) groups excluding carboxylic acids is 2. The van der Waals surface area contributed by atoms with Crippen molar-refractivity contribution in [2.75, 3.05) is 7.11 Å². The summed E-state index contributed by atoms with van der Waals surface area (Å²) in [7, 11) is 0.852. The number of ether oxygens (including phenoxy) is 1. The SMILES string of the molecule is COC(=O)C(O)=CC(=O)C(F)(F)F. The molecule has 0 aromatic rings. The molecule has 0 aliphatic rings. The van der Waals surface area contributed by atoms with Gasteiger partial charge in [0.25, 0.3) is 5.78 Å². The molecule has 0 rings (SSSR count). The summed E-state index contributed by atoms with van der Waals surface area (Å²) in [5, 5.41) is 8.52. The van der Waals surface area contributed by atoms with Gasteiger partial charge in [0.05, 0.1) is 7.11 Å². The zero-order valence-electron chi connectivity index (χ0n) is 6.38. The van der Waals surface area contributed by atoms with Crippen molar-refractivity contribution in [3.05, 3.63) is 11.8 Å². The van der Waals surface area contributed by atoms with Crippen LogP contribution >= 0.6 is 0 Å². The lowest BCUT2D eigenvalue weighted by molar-refractivity contribution is -0.165. The first-order valence-electron chi connectivity index (χ1n) is 2.89. The number of esters is 1. The highest BCUT2D eigenvalue weighted by Gasteiger charge is 2.37. The Kier molecular flexibility index (Phi) is 3.46. The second-order valence-electron chi connectivity index (χ2n) is 1.88. The van der Waals surface area contributed by atoms with E-state index in [0.29, 0.717) is 0 Å². The molecule has 0 fully saturated rings. The molecule has 0 aliphatic carbocycles. The van der Waals surface area contributed by atoms with Crippen LogP contribution < -0.4 is 0 Å². The third kappa shape index (κ3) is 3.59. The topological polar surface area (TPSA) is 63.6 Å². The Labute approximate surface area is 70.6 Å². The third-order valence-corrected chi connectivity index (χ3v) is 0.942. The monoisotopic (exact) mass is 198 g/mol. The number of halogens is 3. The first-order valence-corrected chi connectivity index (χ1v) is 2.89. The molecule has 0 saturated carbocycles. The average molecular weight is 198 g/mol. The van der Waals surface area contributed by atoms with Gasteiger partial charge in [0.1, 0.15) is 0 Å². The van der Waals surface area contributed by atoms with Crippen LogP contribution in [0.25, 0.3) is 0 Å². The normalized spacial score (nSPS) is 12.5. The Morgan fingerprint density at radius 2 is 1.85 bits per heavy atom. The number of aliphatic hydroxyl groups excluding tert-OH is 1. The van der Waals surface area contributed by atoms with Gasteiger partial charge in [-0.2, -0.15) is 13.2 Å². The number of hydrogen-bond acceptors (Lipinski definition) is 4. The molecule has 0 saturated heterocycles. The van der Waals surface area contributed by atoms with E-state index >= 15 is 0 Å². The van der Waals surface area contributed by atoms with Crippen LogP contribution in [0.2, 0.25) is 0 Å². The quantitative estimate of drug-likeness (QED) is 0.403. The van der Waals surface area contributed by atoms with Crippen LogP contribution in [-0.2, 0) is 14.3 Å². The molecule has 0 aromatic carbocycles. The van der Waals surface area contributed by atoms with Gasteiger partial charge in [0, 0.05) is 6.08 Å². The Bertz CT molecular complexity index is 253. The fraction of sp³-hybridized carbons (Fsp3) is 0.333. The van der Waals surface area contributed by atoms with E-state index in [1.165, 1.54) is 0 Å². The van der Waals surface area contributed by atoms with Crippen molar-refractivity contribution < 1.29 is 32.6 Å². The van der Waals surface area contributed by atoms with Gasteiger partial charge in [-0.1, -0.05) is 0 Å². The predicted octanol–water partition coefficient (Wildman–Crippen LogP) is 0.733. The van der Waals surface area contributed by atoms with Gasteiger partial charge in [-0.15, -0.1) is 0 Å². The standard InChI is InChI=1S/C6H5F3O4/c1-13-5(12)3(10)2-4(11)6(7,8)9/h2,10H,1H3.